The van der Waals surface area contributed by atoms with Crippen LogP contribution in [-0.2, 0) is 9.53 Å². The van der Waals surface area contributed by atoms with Gasteiger partial charge in [0, 0.05) is 18.1 Å². The van der Waals surface area contributed by atoms with E-state index in [1.165, 1.54) is 0 Å². The first-order chi connectivity index (χ1) is 12.1. The highest BCUT2D eigenvalue weighted by atomic mass is 35.5. The van der Waals surface area contributed by atoms with Gasteiger partial charge in [-0.25, -0.2) is 0 Å². The van der Waals surface area contributed by atoms with Crippen molar-refractivity contribution in [3.05, 3.63) is 52.5 Å². The molecule has 5 nitrogen and oxygen atoms in total. The Bertz CT molecular complexity index is 749. The number of nitrogens with zero attached hydrogens (tertiary/aromatic N) is 1. The summed E-state index contributed by atoms with van der Waals surface area (Å²) in [7, 11) is 0. The number of para-hydroxylation sites is 1. The Kier molecular flexibility index (Phi) is 6.02. The second-order valence-electron chi connectivity index (χ2n) is 5.64. The van der Waals surface area contributed by atoms with E-state index in [0.29, 0.717) is 28.9 Å². The van der Waals surface area contributed by atoms with Crippen LogP contribution in [0.1, 0.15) is 0 Å². The molecule has 0 aliphatic carbocycles. The van der Waals surface area contributed by atoms with E-state index in [2.05, 4.69) is 15.5 Å². The number of benzene rings is 2. The minimum absolute atomic E-state index is 0.114. The van der Waals surface area contributed by atoms with Crippen LogP contribution >= 0.6 is 23.2 Å². The van der Waals surface area contributed by atoms with E-state index in [1.807, 2.05) is 30.3 Å². The molecule has 0 atom stereocenters. The Morgan fingerprint density at radius 1 is 1.08 bits per heavy atom. The molecule has 0 radical (unpaired) electrons. The number of amides is 1. The molecular formula is C18H19Cl2N3O2. The average Bonchev–Trinajstić information content (AvgIpc) is 2.63. The molecule has 132 valence electrons. The van der Waals surface area contributed by atoms with Gasteiger partial charge in [-0.2, -0.15) is 0 Å². The number of carbonyl (C=O) groups is 1. The standard InChI is InChI=1S/C18H19Cl2N3O2/c19-13-5-6-17(23-7-9-25-10-8-23)16(11-13)21-12-18(24)22-15-4-2-1-3-14(15)20/h1-6,11,21H,7-10,12H2,(H,22,24). The van der Waals surface area contributed by atoms with E-state index in [9.17, 15) is 4.79 Å². The van der Waals surface area contributed by atoms with E-state index in [4.69, 9.17) is 27.9 Å². The van der Waals surface area contributed by atoms with Gasteiger partial charge in [0.2, 0.25) is 5.91 Å². The third kappa shape index (κ3) is 4.78. The molecule has 1 fully saturated rings. The van der Waals surface area contributed by atoms with Gasteiger partial charge in [-0.1, -0.05) is 35.3 Å². The van der Waals surface area contributed by atoms with Crippen molar-refractivity contribution in [3.8, 4) is 0 Å². The topological polar surface area (TPSA) is 53.6 Å². The second-order valence-corrected chi connectivity index (χ2v) is 6.49. The molecule has 0 saturated carbocycles. The van der Waals surface area contributed by atoms with Crippen molar-refractivity contribution in [2.24, 2.45) is 0 Å². The fraction of sp³-hybridized carbons (Fsp3) is 0.278. The van der Waals surface area contributed by atoms with Gasteiger partial charge in [-0.3, -0.25) is 4.79 Å². The molecule has 0 spiro atoms. The van der Waals surface area contributed by atoms with Crippen LogP contribution in [0.4, 0.5) is 17.1 Å². The molecule has 1 aliphatic rings. The number of anilines is 3. The monoisotopic (exact) mass is 379 g/mol. The molecule has 1 aliphatic heterocycles. The van der Waals surface area contributed by atoms with Crippen molar-refractivity contribution in [2.45, 2.75) is 0 Å². The van der Waals surface area contributed by atoms with Crippen LogP contribution in [0.2, 0.25) is 10.0 Å². The average molecular weight is 380 g/mol. The van der Waals surface area contributed by atoms with Crippen LogP contribution in [0.25, 0.3) is 0 Å². The third-order valence-electron chi connectivity index (χ3n) is 3.90. The Hall–Kier alpha value is -1.95. The maximum absolute atomic E-state index is 12.2. The summed E-state index contributed by atoms with van der Waals surface area (Å²) in [6.45, 7) is 3.11. The quantitative estimate of drug-likeness (QED) is 0.827. The molecule has 1 amide bonds. The molecule has 7 heteroatoms. The van der Waals surface area contributed by atoms with Crippen molar-refractivity contribution in [2.75, 3.05) is 48.4 Å². The first-order valence-corrected chi connectivity index (χ1v) is 8.79. The Balaban J connectivity index is 1.66. The predicted octanol–water partition coefficient (Wildman–Crippen LogP) is 3.88. The van der Waals surface area contributed by atoms with Gasteiger partial charge in [0.05, 0.1) is 41.8 Å². The largest absolute Gasteiger partial charge is 0.378 e. The molecule has 1 saturated heterocycles. The second kappa shape index (κ2) is 8.43. The summed E-state index contributed by atoms with van der Waals surface area (Å²) < 4.78 is 5.40. The molecule has 2 aromatic rings. The molecule has 0 unspecified atom stereocenters. The lowest BCUT2D eigenvalue weighted by molar-refractivity contribution is -0.114. The number of ether oxygens (including phenoxy) is 1. The van der Waals surface area contributed by atoms with Gasteiger partial charge in [0.25, 0.3) is 0 Å². The molecule has 0 bridgehead atoms. The maximum Gasteiger partial charge on any atom is 0.243 e. The number of nitrogens with one attached hydrogen (secondary N) is 2. The number of hydrogen-bond donors (Lipinski definition) is 2. The number of hydrogen-bond acceptors (Lipinski definition) is 4. The minimum atomic E-state index is -0.180. The van der Waals surface area contributed by atoms with E-state index >= 15 is 0 Å². The molecular weight excluding hydrogens is 361 g/mol. The zero-order valence-electron chi connectivity index (χ0n) is 13.6. The van der Waals surface area contributed by atoms with Crippen LogP contribution in [0.3, 0.4) is 0 Å². The number of carbonyl (C=O) groups excluding carboxylic acids is 1. The van der Waals surface area contributed by atoms with Crippen LogP contribution in [0.15, 0.2) is 42.5 Å². The van der Waals surface area contributed by atoms with Gasteiger partial charge < -0.3 is 20.3 Å². The summed E-state index contributed by atoms with van der Waals surface area (Å²) in [6.07, 6.45) is 0. The lowest BCUT2D eigenvalue weighted by Gasteiger charge is -2.30. The Labute approximate surface area is 156 Å². The van der Waals surface area contributed by atoms with Crippen LogP contribution in [0, 0.1) is 0 Å². The van der Waals surface area contributed by atoms with E-state index < -0.39 is 0 Å². The highest BCUT2D eigenvalue weighted by Gasteiger charge is 2.16. The summed E-state index contributed by atoms with van der Waals surface area (Å²) in [5.41, 5.74) is 2.43. The lowest BCUT2D eigenvalue weighted by atomic mass is 10.2. The fourth-order valence-corrected chi connectivity index (χ4v) is 3.02. The van der Waals surface area contributed by atoms with Crippen molar-refractivity contribution in [1.29, 1.82) is 0 Å². The normalized spacial score (nSPS) is 14.2. The molecule has 0 aromatic heterocycles. The number of halogens is 2. The van der Waals surface area contributed by atoms with Gasteiger partial charge in [-0.15, -0.1) is 0 Å². The van der Waals surface area contributed by atoms with Gasteiger partial charge in [0.15, 0.2) is 0 Å². The van der Waals surface area contributed by atoms with E-state index in [0.717, 1.165) is 24.5 Å². The smallest absolute Gasteiger partial charge is 0.243 e. The highest BCUT2D eigenvalue weighted by molar-refractivity contribution is 6.33. The number of morpholine rings is 1. The molecule has 2 aromatic carbocycles. The lowest BCUT2D eigenvalue weighted by Crippen LogP contribution is -2.36. The van der Waals surface area contributed by atoms with Crippen molar-refractivity contribution in [1.82, 2.24) is 0 Å². The highest BCUT2D eigenvalue weighted by Crippen LogP contribution is 2.30. The third-order valence-corrected chi connectivity index (χ3v) is 4.46. The van der Waals surface area contributed by atoms with Gasteiger partial charge in [-0.05, 0) is 30.3 Å². The van der Waals surface area contributed by atoms with Crippen molar-refractivity contribution < 1.29 is 9.53 Å². The Morgan fingerprint density at radius 2 is 1.84 bits per heavy atom. The zero-order chi connectivity index (χ0) is 17.6. The van der Waals surface area contributed by atoms with Crippen LogP contribution in [-0.4, -0.2) is 38.8 Å². The minimum Gasteiger partial charge on any atom is -0.378 e. The SMILES string of the molecule is O=C(CNc1cc(Cl)ccc1N1CCOCC1)Nc1ccccc1Cl. The van der Waals surface area contributed by atoms with Crippen LogP contribution in [0.5, 0.6) is 0 Å². The van der Waals surface area contributed by atoms with Crippen LogP contribution < -0.4 is 15.5 Å². The van der Waals surface area contributed by atoms with E-state index in [-0.39, 0.29) is 12.5 Å². The zero-order valence-corrected chi connectivity index (χ0v) is 15.1. The molecule has 2 N–H and O–H groups in total. The van der Waals surface area contributed by atoms with Crippen molar-refractivity contribution in [3.63, 3.8) is 0 Å². The van der Waals surface area contributed by atoms with Gasteiger partial charge in [0.1, 0.15) is 0 Å². The summed E-state index contributed by atoms with van der Waals surface area (Å²) in [4.78, 5) is 14.4. The summed E-state index contributed by atoms with van der Waals surface area (Å²) in [6, 6.07) is 12.8. The summed E-state index contributed by atoms with van der Waals surface area (Å²) in [5, 5.41) is 7.09. The summed E-state index contributed by atoms with van der Waals surface area (Å²) >= 11 is 12.2. The number of rotatable bonds is 5. The molecule has 3 rings (SSSR count). The van der Waals surface area contributed by atoms with Gasteiger partial charge >= 0.3 is 0 Å². The molecule has 1 heterocycles. The Morgan fingerprint density at radius 3 is 2.60 bits per heavy atom. The molecule has 25 heavy (non-hydrogen) atoms. The van der Waals surface area contributed by atoms with Crippen molar-refractivity contribution >= 4 is 46.2 Å². The first-order valence-electron chi connectivity index (χ1n) is 8.04. The summed E-state index contributed by atoms with van der Waals surface area (Å²) in [5.74, 6) is -0.180. The van der Waals surface area contributed by atoms with E-state index in [1.54, 1.807) is 12.1 Å². The first kappa shape index (κ1) is 17.9. The fourth-order valence-electron chi connectivity index (χ4n) is 2.66. The maximum atomic E-state index is 12.2. The predicted molar refractivity (Wildman–Crippen MR) is 103 cm³/mol.